The van der Waals surface area contributed by atoms with Gasteiger partial charge in [0.15, 0.2) is 23.4 Å². The van der Waals surface area contributed by atoms with Crippen molar-refractivity contribution in [2.24, 2.45) is 11.8 Å². The normalized spacial score (nSPS) is 21.4. The maximum absolute atomic E-state index is 12.9. The number of aryl methyl sites for hydroxylation is 2. The van der Waals surface area contributed by atoms with Gasteiger partial charge in [0, 0.05) is 24.7 Å². The molecule has 70 heavy (non-hydrogen) atoms. The predicted molar refractivity (Wildman–Crippen MR) is 265 cm³/mol. The average molecular weight is 1010 g/mol. The van der Waals surface area contributed by atoms with Crippen LogP contribution in [0.5, 0.6) is 0 Å². The van der Waals surface area contributed by atoms with Gasteiger partial charge in [-0.3, -0.25) is 4.18 Å². The molecular formula is C53H75N2O13S2+. The van der Waals surface area contributed by atoms with Crippen LogP contribution in [0, 0.1) is 25.7 Å². The molecule has 0 amide bonds. The van der Waals surface area contributed by atoms with Gasteiger partial charge in [-0.25, -0.2) is 18.0 Å². The van der Waals surface area contributed by atoms with Crippen LogP contribution in [0.2, 0.25) is 0 Å². The Bertz CT molecular complexity index is 2390. The number of carbonyl (C=O) groups is 2. The highest BCUT2D eigenvalue weighted by Crippen LogP contribution is 2.43. The van der Waals surface area contributed by atoms with Crippen LogP contribution in [0.15, 0.2) is 119 Å². The molecule has 2 aliphatic carbocycles. The molecule has 386 valence electrons. The summed E-state index contributed by atoms with van der Waals surface area (Å²) in [6, 6.07) is 30.9. The van der Waals surface area contributed by atoms with Crippen LogP contribution in [0.3, 0.4) is 0 Å². The molecule has 0 spiro atoms. The van der Waals surface area contributed by atoms with Gasteiger partial charge in [-0.1, -0.05) is 122 Å². The summed E-state index contributed by atoms with van der Waals surface area (Å²) in [6.07, 6.45) is 9.37. The third-order valence-electron chi connectivity index (χ3n) is 13.8. The Morgan fingerprint density at radius 2 is 0.886 bits per heavy atom. The van der Waals surface area contributed by atoms with Crippen molar-refractivity contribution in [2.75, 3.05) is 61.5 Å². The number of esters is 2. The van der Waals surface area contributed by atoms with E-state index in [-0.39, 0.29) is 39.3 Å². The highest BCUT2D eigenvalue weighted by atomic mass is 32.2. The molecule has 2 saturated carbocycles. The highest BCUT2D eigenvalue weighted by molar-refractivity contribution is 7.86. The summed E-state index contributed by atoms with van der Waals surface area (Å²) in [5.74, 6) is -0.993. The van der Waals surface area contributed by atoms with Crippen molar-refractivity contribution in [3.8, 4) is 0 Å². The SMILES string of the molecule is COS(=O)(=O)c1ccc(C)cc1.C[N+]1(C)CCC(OC(=O)C(O)(c2ccccc2)C2CCCC2)C1.C[N+]1(C)CCC(OC(=O)C(O)(c2ccccc2)C2CCCC2)C1.Cc1ccc(S(=O)(=O)[O-])cc1.O. The molecule has 0 radical (unpaired) electrons. The quantitative estimate of drug-likeness (QED) is 0.0729. The zero-order chi connectivity index (χ0) is 50.7. The van der Waals surface area contributed by atoms with Crippen LogP contribution >= 0.6 is 0 Å². The molecule has 2 heterocycles. The molecule has 15 nitrogen and oxygen atoms in total. The second-order valence-corrected chi connectivity index (χ2v) is 23.3. The lowest BCUT2D eigenvalue weighted by Gasteiger charge is -2.33. The lowest BCUT2D eigenvalue weighted by Crippen LogP contribution is -2.46. The van der Waals surface area contributed by atoms with Crippen molar-refractivity contribution in [2.45, 2.75) is 111 Å². The number of aliphatic hydroxyl groups is 2. The molecule has 17 heteroatoms. The topological polar surface area (TPSA) is 225 Å². The van der Waals surface area contributed by atoms with E-state index in [1.165, 1.54) is 24.3 Å². The molecule has 0 bridgehead atoms. The molecule has 4 aromatic carbocycles. The molecule has 8 rings (SSSR count). The third kappa shape index (κ3) is 15.5. The Morgan fingerprint density at radius 3 is 1.17 bits per heavy atom. The van der Waals surface area contributed by atoms with Crippen molar-refractivity contribution in [1.82, 2.24) is 0 Å². The molecule has 4 aliphatic rings. The minimum absolute atomic E-state index is 0. The van der Waals surface area contributed by atoms with Gasteiger partial charge in [-0.05, 0) is 74.9 Å². The van der Waals surface area contributed by atoms with E-state index in [2.05, 4.69) is 32.4 Å². The smallest absolute Gasteiger partial charge is 0.343 e. The van der Waals surface area contributed by atoms with Crippen molar-refractivity contribution in [1.29, 1.82) is 0 Å². The number of quaternary nitrogens is 2. The number of hydrogen-bond acceptors (Lipinski definition) is 12. The van der Waals surface area contributed by atoms with Gasteiger partial charge in [-0.2, -0.15) is 8.42 Å². The van der Waals surface area contributed by atoms with Gasteiger partial charge < -0.3 is 38.7 Å². The van der Waals surface area contributed by atoms with E-state index in [0.717, 1.165) is 118 Å². The Balaban J connectivity index is 0.000000213. The number of ether oxygens (including phenoxy) is 2. The Morgan fingerprint density at radius 1 is 0.557 bits per heavy atom. The summed E-state index contributed by atoms with van der Waals surface area (Å²) in [5.41, 5.74) is 0.282. The summed E-state index contributed by atoms with van der Waals surface area (Å²) in [5, 5.41) is 22.7. The Labute approximate surface area is 415 Å². The van der Waals surface area contributed by atoms with Gasteiger partial charge in [0.2, 0.25) is 0 Å². The first kappa shape index (κ1) is 58.0. The largest absolute Gasteiger partial charge is 0.744 e. The fraction of sp³-hybridized carbons (Fsp3) is 0.509. The molecule has 0 aromatic heterocycles. The summed E-state index contributed by atoms with van der Waals surface area (Å²) in [7, 11) is 1.95. The van der Waals surface area contributed by atoms with Crippen LogP contribution in [0.1, 0.15) is 86.5 Å². The minimum Gasteiger partial charge on any atom is -0.744 e. The summed E-state index contributed by atoms with van der Waals surface area (Å²) >= 11 is 0. The van der Waals surface area contributed by atoms with Crippen molar-refractivity contribution in [3.63, 3.8) is 0 Å². The molecule has 2 saturated heterocycles. The molecule has 4 fully saturated rings. The van der Waals surface area contributed by atoms with Gasteiger partial charge in [0.1, 0.15) is 23.2 Å². The zero-order valence-corrected chi connectivity index (χ0v) is 43.4. The van der Waals surface area contributed by atoms with Crippen molar-refractivity contribution in [3.05, 3.63) is 131 Å². The first-order valence-electron chi connectivity index (χ1n) is 23.9. The van der Waals surface area contributed by atoms with E-state index in [1.54, 1.807) is 24.3 Å². The Kier molecular flexibility index (Phi) is 20.5. The lowest BCUT2D eigenvalue weighted by molar-refractivity contribution is -0.879. The number of rotatable bonds is 11. The second-order valence-electron chi connectivity index (χ2n) is 20.2. The number of benzene rings is 4. The molecule has 2 aliphatic heterocycles. The third-order valence-corrected chi connectivity index (χ3v) is 16.0. The molecule has 4 aromatic rings. The van der Waals surface area contributed by atoms with E-state index in [4.69, 9.17) is 9.47 Å². The molecular weight excluding hydrogens is 937 g/mol. The highest BCUT2D eigenvalue weighted by Gasteiger charge is 2.51. The fourth-order valence-electron chi connectivity index (χ4n) is 9.75. The van der Waals surface area contributed by atoms with Crippen LogP contribution in [-0.4, -0.2) is 132 Å². The van der Waals surface area contributed by atoms with Gasteiger partial charge >= 0.3 is 11.9 Å². The first-order valence-corrected chi connectivity index (χ1v) is 26.7. The Hall–Kier alpha value is -4.56. The van der Waals surface area contributed by atoms with E-state index >= 15 is 0 Å². The first-order chi connectivity index (χ1) is 32.4. The molecule has 4 unspecified atom stereocenters. The van der Waals surface area contributed by atoms with Crippen LogP contribution < -0.4 is 0 Å². The minimum atomic E-state index is -4.27. The van der Waals surface area contributed by atoms with E-state index < -0.39 is 43.4 Å². The van der Waals surface area contributed by atoms with Crippen molar-refractivity contribution < 1.29 is 69.3 Å². The molecule has 4 atom stereocenters. The monoisotopic (exact) mass is 1010 g/mol. The standard InChI is InChI=1S/2C19H28NO3.C8H10O3S.C7H8O3S.H2O/c2*1-20(2)13-12-17(14-20)23-18(21)19(22,16-10-6-7-11-16)15-8-4-3-5-9-15;1-7-3-5-8(6-4-7)12(9,10)11-2;1-6-2-4-7(5-3-6)11(8,9)10;/h2*3-5,8-9,16-17,22H,6-7,10-14H2,1-2H3;3-6H,1-2H3;2-5H,1H3,(H,8,9,10);1H2/q2*+1;;;/p-1. The van der Waals surface area contributed by atoms with Crippen LogP contribution in [0.4, 0.5) is 0 Å². The number of likely N-dealkylation sites (N-methyl/N-ethyl adjacent to an activating group) is 2. The van der Waals surface area contributed by atoms with Gasteiger partial charge in [0.05, 0.1) is 58.2 Å². The van der Waals surface area contributed by atoms with E-state index in [9.17, 15) is 41.2 Å². The number of hydrogen-bond donors (Lipinski definition) is 2. The second kappa shape index (κ2) is 24.7. The lowest BCUT2D eigenvalue weighted by atomic mass is 9.80. The molecule has 4 N–H and O–H groups in total. The average Bonchev–Trinajstić information content (AvgIpc) is 4.17. The maximum Gasteiger partial charge on any atom is 0.343 e. The van der Waals surface area contributed by atoms with Gasteiger partial charge in [-0.15, -0.1) is 0 Å². The number of likely N-dealkylation sites (tertiary alicyclic amines) is 2. The number of carbonyl (C=O) groups excluding carboxylic acids is 2. The maximum atomic E-state index is 12.9. The summed E-state index contributed by atoms with van der Waals surface area (Å²) < 4.78 is 71.0. The zero-order valence-electron chi connectivity index (χ0n) is 41.8. The van der Waals surface area contributed by atoms with Crippen LogP contribution in [-0.2, 0) is 54.7 Å². The predicted octanol–water partition coefficient (Wildman–Crippen LogP) is 6.32. The van der Waals surface area contributed by atoms with Gasteiger partial charge in [0.25, 0.3) is 10.1 Å². The fourth-order valence-corrected chi connectivity index (χ4v) is 10.9. The summed E-state index contributed by atoms with van der Waals surface area (Å²) in [4.78, 5) is 25.9. The number of nitrogens with zero attached hydrogens (tertiary/aromatic N) is 2. The van der Waals surface area contributed by atoms with Crippen molar-refractivity contribution >= 4 is 32.2 Å². The van der Waals surface area contributed by atoms with E-state index in [1.807, 2.05) is 74.5 Å². The summed E-state index contributed by atoms with van der Waals surface area (Å²) in [6.45, 7) is 7.36. The van der Waals surface area contributed by atoms with Crippen LogP contribution in [0.25, 0.3) is 0 Å². The van der Waals surface area contributed by atoms with E-state index in [0.29, 0.717) is 11.1 Å².